The summed E-state index contributed by atoms with van der Waals surface area (Å²) in [6.45, 7) is 6.35. The fourth-order valence-corrected chi connectivity index (χ4v) is 3.31. The van der Waals surface area contributed by atoms with E-state index in [1.165, 1.54) is 0 Å². The second kappa shape index (κ2) is 8.55. The van der Waals surface area contributed by atoms with E-state index in [9.17, 15) is 4.79 Å². The first kappa shape index (κ1) is 18.2. The van der Waals surface area contributed by atoms with Gasteiger partial charge >= 0.3 is 18.9 Å². The number of aryl methyl sites for hydroxylation is 1. The van der Waals surface area contributed by atoms with Crippen LogP contribution in [0.25, 0.3) is 11.1 Å². The number of carbonyl (C=O) groups is 1. The van der Waals surface area contributed by atoms with Crippen LogP contribution in [0.2, 0.25) is 0 Å². The van der Waals surface area contributed by atoms with Crippen LogP contribution in [0, 0.1) is 12.8 Å². The maximum absolute atomic E-state index is 12.6. The van der Waals surface area contributed by atoms with E-state index in [2.05, 4.69) is 32.0 Å². The molecule has 0 spiro atoms. The molecule has 0 aliphatic carbocycles. The van der Waals surface area contributed by atoms with Crippen LogP contribution in [-0.2, 0) is 0 Å². The van der Waals surface area contributed by atoms with E-state index in [0.717, 1.165) is 28.4 Å². The topological polar surface area (TPSA) is 17.1 Å². The molecular formula is C18H22LiOP. The Morgan fingerprint density at radius 2 is 1.71 bits per heavy atom. The van der Waals surface area contributed by atoms with Gasteiger partial charge in [0.05, 0.1) is 0 Å². The average Bonchev–Trinajstić information content (AvgIpc) is 2.45. The first-order valence-corrected chi connectivity index (χ1v) is 8.23. The van der Waals surface area contributed by atoms with Gasteiger partial charge in [0.2, 0.25) is 0 Å². The van der Waals surface area contributed by atoms with Gasteiger partial charge in [0.25, 0.3) is 0 Å². The van der Waals surface area contributed by atoms with Crippen molar-refractivity contribution in [1.29, 1.82) is 0 Å². The van der Waals surface area contributed by atoms with Crippen LogP contribution >= 0.6 is 8.58 Å². The minimum absolute atomic E-state index is 0. The summed E-state index contributed by atoms with van der Waals surface area (Å²) in [6, 6.07) is 16.3. The summed E-state index contributed by atoms with van der Waals surface area (Å²) < 4.78 is 0. The van der Waals surface area contributed by atoms with E-state index in [1.807, 2.05) is 37.3 Å². The van der Waals surface area contributed by atoms with Crippen molar-refractivity contribution in [2.75, 3.05) is 6.16 Å². The number of hydrogen-bond donors (Lipinski definition) is 0. The van der Waals surface area contributed by atoms with Gasteiger partial charge in [-0.1, -0.05) is 62.4 Å². The Hall–Kier alpha value is -0.863. The molecule has 0 amide bonds. The Kier molecular flexibility index (Phi) is 7.40. The first-order chi connectivity index (χ1) is 9.59. The standard InChI is InChI=1S/C18H21OP.Li.H/c1-13(2)12-20-18(19)17-14(3)8-7-11-16(17)15-9-5-4-6-10-15;;/h4-11,13,20H,12H2,1-3H3;;. The zero-order valence-corrected chi connectivity index (χ0v) is 13.3. The Morgan fingerprint density at radius 3 is 2.33 bits per heavy atom. The van der Waals surface area contributed by atoms with E-state index >= 15 is 0 Å². The van der Waals surface area contributed by atoms with E-state index in [-0.39, 0.29) is 24.4 Å². The van der Waals surface area contributed by atoms with Crippen LogP contribution in [0.3, 0.4) is 0 Å². The maximum atomic E-state index is 12.6. The molecule has 0 heterocycles. The Labute approximate surface area is 141 Å². The van der Waals surface area contributed by atoms with E-state index < -0.39 is 0 Å². The monoisotopic (exact) mass is 292 g/mol. The van der Waals surface area contributed by atoms with E-state index in [0.29, 0.717) is 14.5 Å². The van der Waals surface area contributed by atoms with Crippen molar-refractivity contribution >= 4 is 33.0 Å². The minimum atomic E-state index is 0. The Morgan fingerprint density at radius 1 is 1.05 bits per heavy atom. The van der Waals surface area contributed by atoms with Crippen molar-refractivity contribution < 1.29 is 4.79 Å². The summed E-state index contributed by atoms with van der Waals surface area (Å²) in [7, 11) is 0.363. The third kappa shape index (κ3) is 4.82. The van der Waals surface area contributed by atoms with Crippen LogP contribution < -0.4 is 0 Å². The van der Waals surface area contributed by atoms with Crippen molar-refractivity contribution in [3.8, 4) is 11.1 Å². The molecule has 1 nitrogen and oxygen atoms in total. The summed E-state index contributed by atoms with van der Waals surface area (Å²) in [4.78, 5) is 12.6. The normalized spacial score (nSPS) is 10.9. The summed E-state index contributed by atoms with van der Waals surface area (Å²) in [6.07, 6.45) is 0.974. The molecule has 106 valence electrons. The average molecular weight is 292 g/mol. The van der Waals surface area contributed by atoms with Gasteiger partial charge in [-0.05, 0) is 44.3 Å². The van der Waals surface area contributed by atoms with Crippen LogP contribution in [0.5, 0.6) is 0 Å². The van der Waals surface area contributed by atoms with E-state index in [1.54, 1.807) is 0 Å². The van der Waals surface area contributed by atoms with E-state index in [4.69, 9.17) is 0 Å². The molecule has 1 unspecified atom stereocenters. The Bertz CT molecular complexity index is 593. The predicted octanol–water partition coefficient (Wildman–Crippen LogP) is 4.49. The number of benzene rings is 2. The van der Waals surface area contributed by atoms with Gasteiger partial charge < -0.3 is 0 Å². The van der Waals surface area contributed by atoms with Crippen molar-refractivity contribution in [1.82, 2.24) is 0 Å². The van der Waals surface area contributed by atoms with Crippen LogP contribution in [0.15, 0.2) is 48.5 Å². The molecule has 21 heavy (non-hydrogen) atoms. The number of carbonyl (C=O) groups excluding carboxylic acids is 1. The molecule has 0 bridgehead atoms. The quantitative estimate of drug-likeness (QED) is 0.586. The summed E-state index contributed by atoms with van der Waals surface area (Å²) in [5, 5.41) is 0. The van der Waals surface area contributed by atoms with Crippen molar-refractivity contribution in [3.05, 3.63) is 59.7 Å². The van der Waals surface area contributed by atoms with Gasteiger partial charge in [-0.2, -0.15) is 0 Å². The number of hydrogen-bond acceptors (Lipinski definition) is 1. The summed E-state index contributed by atoms with van der Waals surface area (Å²) in [5.41, 5.74) is 4.45. The molecule has 0 aromatic heterocycles. The number of rotatable bonds is 5. The van der Waals surface area contributed by atoms with Crippen LogP contribution in [0.4, 0.5) is 0 Å². The Balaban J connectivity index is 0.00000220. The summed E-state index contributed by atoms with van der Waals surface area (Å²) >= 11 is 0. The second-order valence-electron chi connectivity index (χ2n) is 5.47. The third-order valence-corrected chi connectivity index (χ3v) is 4.85. The van der Waals surface area contributed by atoms with Gasteiger partial charge in [0.15, 0.2) is 5.52 Å². The van der Waals surface area contributed by atoms with Gasteiger partial charge in [-0.15, -0.1) is 0 Å². The van der Waals surface area contributed by atoms with Crippen LogP contribution in [-0.4, -0.2) is 30.5 Å². The zero-order valence-electron chi connectivity index (χ0n) is 12.3. The molecule has 0 aliphatic heterocycles. The molecule has 2 rings (SSSR count). The second-order valence-corrected chi connectivity index (χ2v) is 6.68. The molecule has 1 atom stereocenters. The van der Waals surface area contributed by atoms with Crippen molar-refractivity contribution in [2.24, 2.45) is 5.92 Å². The van der Waals surface area contributed by atoms with Crippen LogP contribution in [0.1, 0.15) is 29.8 Å². The molecule has 2 aromatic carbocycles. The molecule has 0 aliphatic rings. The zero-order chi connectivity index (χ0) is 14.5. The third-order valence-electron chi connectivity index (χ3n) is 3.26. The predicted molar refractivity (Wildman–Crippen MR) is 96.1 cm³/mol. The molecule has 0 radical (unpaired) electrons. The molecule has 3 heteroatoms. The van der Waals surface area contributed by atoms with Gasteiger partial charge in [-0.25, -0.2) is 0 Å². The molecule has 0 N–H and O–H groups in total. The SMILES string of the molecule is Cc1cccc(-c2ccccc2)c1C(=O)PCC(C)C.[LiH]. The van der Waals surface area contributed by atoms with Gasteiger partial charge in [0, 0.05) is 5.56 Å². The molecule has 0 fully saturated rings. The molecular weight excluding hydrogens is 270 g/mol. The van der Waals surface area contributed by atoms with Gasteiger partial charge in [-0.3, -0.25) is 4.79 Å². The molecule has 0 saturated heterocycles. The summed E-state index contributed by atoms with van der Waals surface area (Å²) in [5.74, 6) is 0.571. The fourth-order valence-electron chi connectivity index (χ4n) is 2.21. The molecule has 0 saturated carbocycles. The fraction of sp³-hybridized carbons (Fsp3) is 0.278. The van der Waals surface area contributed by atoms with Crippen molar-refractivity contribution in [3.63, 3.8) is 0 Å². The van der Waals surface area contributed by atoms with Crippen molar-refractivity contribution in [2.45, 2.75) is 20.8 Å². The van der Waals surface area contributed by atoms with Gasteiger partial charge in [0.1, 0.15) is 0 Å². The first-order valence-electron chi connectivity index (χ1n) is 7.03. The molecule has 2 aromatic rings.